The summed E-state index contributed by atoms with van der Waals surface area (Å²) in [5.41, 5.74) is -2.12. The number of aliphatic hydroxyl groups is 1. The number of hydrogen-bond acceptors (Lipinski definition) is 7. The lowest BCUT2D eigenvalue weighted by Crippen LogP contribution is -2.42. The van der Waals surface area contributed by atoms with Crippen molar-refractivity contribution in [3.05, 3.63) is 28.2 Å². The summed E-state index contributed by atoms with van der Waals surface area (Å²) < 4.78 is 58.2. The third kappa shape index (κ3) is 3.95. The van der Waals surface area contributed by atoms with E-state index in [1.54, 1.807) is 6.92 Å². The molecule has 2 aromatic rings. The van der Waals surface area contributed by atoms with E-state index in [9.17, 15) is 18.3 Å². The minimum Gasteiger partial charge on any atom is -0.388 e. The third-order valence-electron chi connectivity index (χ3n) is 6.05. The monoisotopic (exact) mass is 439 g/mol. The van der Waals surface area contributed by atoms with E-state index in [1.165, 1.54) is 21.1 Å². The number of hydrogen-bond donors (Lipinski definition) is 2. The zero-order valence-electron chi connectivity index (χ0n) is 21.1. The van der Waals surface area contributed by atoms with E-state index in [4.69, 9.17) is 5.48 Å². The van der Waals surface area contributed by atoms with Crippen LogP contribution >= 0.6 is 0 Å². The van der Waals surface area contributed by atoms with Crippen LogP contribution < -0.4 is 10.9 Å². The lowest BCUT2D eigenvalue weighted by Gasteiger charge is -2.31. The molecule has 2 atom stereocenters. The van der Waals surface area contributed by atoms with Crippen LogP contribution in [0.25, 0.3) is 11.0 Å². The summed E-state index contributed by atoms with van der Waals surface area (Å²) in [6.45, 7) is -0.659. The molecular weight excluding hydrogens is 406 g/mol. The number of nitrogens with zero attached hydrogens (tertiary/aromatic N) is 4. The summed E-state index contributed by atoms with van der Waals surface area (Å²) in [4.78, 5) is 22.0. The Morgan fingerprint density at radius 1 is 1.37 bits per heavy atom. The van der Waals surface area contributed by atoms with Gasteiger partial charge in [-0.2, -0.15) is 4.98 Å². The first-order chi connectivity index (χ1) is 15.6. The Balaban J connectivity index is 1.76. The van der Waals surface area contributed by atoms with Crippen molar-refractivity contribution >= 4 is 27.0 Å². The Labute approximate surface area is 181 Å². The molecule has 4 rings (SSSR count). The van der Waals surface area contributed by atoms with E-state index in [0.29, 0.717) is 24.6 Å². The Morgan fingerprint density at radius 3 is 2.70 bits per heavy atom. The van der Waals surface area contributed by atoms with Crippen molar-refractivity contribution in [3.63, 3.8) is 0 Å². The summed E-state index contributed by atoms with van der Waals surface area (Å²) >= 11 is 0. The van der Waals surface area contributed by atoms with Crippen LogP contribution in [0.5, 0.6) is 0 Å². The third-order valence-corrected chi connectivity index (χ3v) is 7.35. The fraction of sp³-hybridized carbons (Fsp3) is 0.650. The number of aromatic nitrogens is 3. The molecule has 1 aliphatic heterocycles. The second kappa shape index (κ2) is 7.58. The molecule has 3 heterocycles. The van der Waals surface area contributed by atoms with Gasteiger partial charge in [0.1, 0.15) is 5.65 Å². The molecule has 1 saturated heterocycles. The Morgan fingerprint density at radius 2 is 2.10 bits per heavy atom. The maximum Gasteiger partial charge on any atom is 0.255 e. The molecule has 2 aromatic heterocycles. The zero-order valence-corrected chi connectivity index (χ0v) is 17.9. The van der Waals surface area contributed by atoms with Crippen molar-refractivity contribution < 1.29 is 19.0 Å². The number of aryl methyl sites for hydroxylation is 1. The van der Waals surface area contributed by atoms with Gasteiger partial charge in [0.25, 0.3) is 5.56 Å². The summed E-state index contributed by atoms with van der Waals surface area (Å²) in [7, 11) is -3.34. The van der Waals surface area contributed by atoms with E-state index in [-0.39, 0.29) is 43.1 Å². The maximum atomic E-state index is 13.3. The fourth-order valence-corrected chi connectivity index (χ4v) is 5.22. The fourth-order valence-electron chi connectivity index (χ4n) is 4.38. The highest BCUT2D eigenvalue weighted by atomic mass is 32.2. The average molecular weight is 440 g/mol. The van der Waals surface area contributed by atoms with Crippen LogP contribution in [0, 0.1) is 6.85 Å². The number of rotatable bonds is 4. The van der Waals surface area contributed by atoms with Crippen LogP contribution in [0.1, 0.15) is 56.1 Å². The molecule has 0 amide bonds. The molecule has 0 radical (unpaired) electrons. The summed E-state index contributed by atoms with van der Waals surface area (Å²) in [6.07, 6.45) is 4.58. The molecular formula is C20H29N5O4S. The normalized spacial score (nSPS) is 29.8. The van der Waals surface area contributed by atoms with Gasteiger partial charge in [0.05, 0.1) is 19.3 Å². The first kappa shape index (κ1) is 16.6. The molecule has 0 bridgehead atoms. The molecule has 0 unspecified atom stereocenters. The molecule has 0 aromatic carbocycles. The van der Waals surface area contributed by atoms with Gasteiger partial charge >= 0.3 is 0 Å². The minimum atomic E-state index is -3.34. The SMILES string of the molecule is [2H]C1(Nc2ncc3cc(C([2H])([2H])[2H])c(=O)n([C@@H]4CCC[C@@]4(C)O)c3n2)CCN(S(C)(=O)=O)CC1. The Kier molecular flexibility index (Phi) is 4.20. The first-order valence-electron chi connectivity index (χ1n) is 12.0. The molecule has 10 heteroatoms. The van der Waals surface area contributed by atoms with Crippen molar-refractivity contribution in [1.82, 2.24) is 18.8 Å². The lowest BCUT2D eigenvalue weighted by atomic mass is 9.99. The van der Waals surface area contributed by atoms with E-state index >= 15 is 0 Å². The number of fused-ring (bicyclic) bond motifs is 1. The quantitative estimate of drug-likeness (QED) is 0.740. The number of sulfonamides is 1. The van der Waals surface area contributed by atoms with E-state index in [1.807, 2.05) is 0 Å². The van der Waals surface area contributed by atoms with Crippen LogP contribution in [0.4, 0.5) is 5.95 Å². The van der Waals surface area contributed by atoms with Crippen molar-refractivity contribution in [2.75, 3.05) is 24.7 Å². The topological polar surface area (TPSA) is 117 Å². The first-order valence-corrected chi connectivity index (χ1v) is 11.8. The van der Waals surface area contributed by atoms with Crippen LogP contribution in [0.15, 0.2) is 17.1 Å². The number of piperidine rings is 1. The minimum absolute atomic E-state index is 0.0720. The van der Waals surface area contributed by atoms with Gasteiger partial charge in [-0.05, 0) is 51.9 Å². The summed E-state index contributed by atoms with van der Waals surface area (Å²) in [5, 5.41) is 14.2. The van der Waals surface area contributed by atoms with Crippen molar-refractivity contribution in [1.29, 1.82) is 0 Å². The van der Waals surface area contributed by atoms with Gasteiger partial charge in [0, 0.05) is 40.4 Å². The zero-order chi connectivity index (χ0) is 25.1. The van der Waals surface area contributed by atoms with Gasteiger partial charge in [0.2, 0.25) is 16.0 Å². The molecule has 0 spiro atoms. The van der Waals surface area contributed by atoms with Crippen molar-refractivity contribution in [2.24, 2.45) is 0 Å². The molecule has 2 aliphatic rings. The second-order valence-corrected chi connectivity index (χ2v) is 10.3. The molecule has 164 valence electrons. The summed E-state index contributed by atoms with van der Waals surface area (Å²) in [5.74, 6) is 0.0720. The van der Waals surface area contributed by atoms with Gasteiger partial charge in [0.15, 0.2) is 0 Å². The lowest BCUT2D eigenvalue weighted by molar-refractivity contribution is 0.0266. The number of anilines is 1. The highest BCUT2D eigenvalue weighted by molar-refractivity contribution is 7.88. The molecule has 2 fully saturated rings. The highest BCUT2D eigenvalue weighted by Crippen LogP contribution is 2.39. The predicted octanol–water partition coefficient (Wildman–Crippen LogP) is 1.41. The van der Waals surface area contributed by atoms with Crippen LogP contribution in [0.3, 0.4) is 0 Å². The number of pyridine rings is 1. The summed E-state index contributed by atoms with van der Waals surface area (Å²) in [6, 6.07) is -0.608. The highest BCUT2D eigenvalue weighted by Gasteiger charge is 2.39. The molecule has 1 aliphatic carbocycles. The van der Waals surface area contributed by atoms with E-state index < -0.39 is 40.1 Å². The van der Waals surface area contributed by atoms with Gasteiger partial charge in [-0.3, -0.25) is 9.36 Å². The van der Waals surface area contributed by atoms with Crippen LogP contribution in [-0.2, 0) is 10.0 Å². The van der Waals surface area contributed by atoms with E-state index in [2.05, 4.69) is 15.3 Å². The van der Waals surface area contributed by atoms with Gasteiger partial charge in [-0.15, -0.1) is 0 Å². The van der Waals surface area contributed by atoms with Gasteiger partial charge in [-0.25, -0.2) is 17.7 Å². The van der Waals surface area contributed by atoms with E-state index in [0.717, 1.165) is 6.26 Å². The molecule has 2 N–H and O–H groups in total. The van der Waals surface area contributed by atoms with Crippen molar-refractivity contribution in [2.45, 2.75) is 63.5 Å². The smallest absolute Gasteiger partial charge is 0.255 e. The standard InChI is InChI=1S/C20H29N5O4S/c1-13-11-14-12-21-19(22-15-6-9-24(10-7-15)30(3,28)29)23-17(14)25(18(13)26)16-5-4-8-20(16,2)27/h11-12,15-16,27H,4-10H2,1-3H3,(H,21,22,23)/t16-,20-/m1/s1/i1D3,15D. The second-order valence-electron chi connectivity index (χ2n) is 8.36. The molecule has 9 nitrogen and oxygen atoms in total. The average Bonchev–Trinajstić information content (AvgIpc) is 3.04. The molecule has 1 saturated carbocycles. The predicted molar refractivity (Wildman–Crippen MR) is 115 cm³/mol. The van der Waals surface area contributed by atoms with Crippen LogP contribution in [0.2, 0.25) is 0 Å². The Bertz CT molecular complexity index is 1270. The Hall–Kier alpha value is -2.04. The molecule has 30 heavy (non-hydrogen) atoms. The largest absolute Gasteiger partial charge is 0.388 e. The van der Waals surface area contributed by atoms with Crippen LogP contribution in [-0.4, -0.2) is 63.3 Å². The maximum absolute atomic E-state index is 13.3. The van der Waals surface area contributed by atoms with Crippen molar-refractivity contribution in [3.8, 4) is 0 Å². The van der Waals surface area contributed by atoms with Gasteiger partial charge < -0.3 is 10.4 Å². The van der Waals surface area contributed by atoms with Gasteiger partial charge in [-0.1, -0.05) is 0 Å². The number of nitrogens with one attached hydrogen (secondary N) is 1.